The van der Waals surface area contributed by atoms with Crippen molar-refractivity contribution in [3.63, 3.8) is 0 Å². The second-order valence-electron chi connectivity index (χ2n) is 18.0. The van der Waals surface area contributed by atoms with Gasteiger partial charge in [0, 0.05) is 20.6 Å². The highest BCUT2D eigenvalue weighted by atomic mass is 31.1. The monoisotopic (exact) mass is 872 g/mol. The maximum Gasteiger partial charge on any atom is 0.00123 e. The number of rotatable bonds is 12. The van der Waals surface area contributed by atoms with E-state index >= 15 is 0 Å². The molecule has 4 aliphatic carbocycles. The molecule has 62 heavy (non-hydrogen) atoms. The molecule has 8 aromatic rings. The fraction of sp³-hybridized carbons (Fsp3) is 0.172. The van der Waals surface area contributed by atoms with E-state index in [0.29, 0.717) is 0 Å². The van der Waals surface area contributed by atoms with Gasteiger partial charge < -0.3 is 0 Å². The van der Waals surface area contributed by atoms with Gasteiger partial charge in [-0.05, 0) is 113 Å². The van der Waals surface area contributed by atoms with E-state index in [4.69, 9.17) is 0 Å². The summed E-state index contributed by atoms with van der Waals surface area (Å²) in [5, 5.41) is 12.5. The minimum atomic E-state index is -0.777. The summed E-state index contributed by atoms with van der Waals surface area (Å²) in [6.45, 7) is 0. The molecule has 0 saturated heterocycles. The molecule has 4 saturated carbocycles. The highest BCUT2D eigenvalue weighted by Crippen LogP contribution is 2.85. The summed E-state index contributed by atoms with van der Waals surface area (Å²) < 4.78 is 0. The van der Waals surface area contributed by atoms with Crippen LogP contribution in [0.1, 0.15) is 38.5 Å². The van der Waals surface area contributed by atoms with Crippen molar-refractivity contribution in [3.05, 3.63) is 243 Å². The smallest absolute Gasteiger partial charge is 0.00123 e. The average Bonchev–Trinajstić information content (AvgIpc) is 3.31. The van der Waals surface area contributed by atoms with Crippen LogP contribution >= 0.6 is 31.7 Å². The molecule has 12 rings (SSSR count). The zero-order chi connectivity index (χ0) is 41.5. The molecular formula is C58H52P4. The Labute approximate surface area is 373 Å². The fourth-order valence-corrected chi connectivity index (χ4v) is 28.4. The molecule has 4 fully saturated rings. The van der Waals surface area contributed by atoms with E-state index in [1.54, 1.807) is 0 Å². The van der Waals surface area contributed by atoms with Gasteiger partial charge in [0.15, 0.2) is 0 Å². The Kier molecular flexibility index (Phi) is 11.0. The van der Waals surface area contributed by atoms with Crippen molar-refractivity contribution in [2.24, 2.45) is 0 Å². The van der Waals surface area contributed by atoms with E-state index < -0.39 is 31.7 Å². The van der Waals surface area contributed by atoms with E-state index in [9.17, 15) is 0 Å². The highest BCUT2D eigenvalue weighted by molar-refractivity contribution is 7.78. The van der Waals surface area contributed by atoms with Crippen LogP contribution in [0.2, 0.25) is 0 Å². The molecule has 0 aliphatic heterocycles. The molecule has 8 aromatic carbocycles. The van der Waals surface area contributed by atoms with Crippen molar-refractivity contribution in [3.8, 4) is 0 Å². The summed E-state index contributed by atoms with van der Waals surface area (Å²) in [7, 11) is -3.11. The van der Waals surface area contributed by atoms with Crippen molar-refractivity contribution in [1.82, 2.24) is 0 Å². The molecule has 4 heteroatoms. The summed E-state index contributed by atoms with van der Waals surface area (Å²) >= 11 is 0. The van der Waals surface area contributed by atoms with Crippen molar-refractivity contribution in [2.45, 2.75) is 59.1 Å². The summed E-state index contributed by atoms with van der Waals surface area (Å²) in [5.74, 6) is 0. The van der Waals surface area contributed by atoms with E-state index in [2.05, 4.69) is 243 Å². The Morgan fingerprint density at radius 3 is 0.403 bits per heavy atom. The maximum absolute atomic E-state index is 2.49. The van der Waals surface area contributed by atoms with E-state index in [1.165, 1.54) is 81.0 Å². The first kappa shape index (κ1) is 40.3. The van der Waals surface area contributed by atoms with Crippen molar-refractivity contribution in [2.75, 3.05) is 0 Å². The van der Waals surface area contributed by atoms with Crippen molar-refractivity contribution in [1.29, 1.82) is 0 Å². The van der Waals surface area contributed by atoms with Gasteiger partial charge in [-0.1, -0.05) is 243 Å². The molecule has 0 unspecified atom stereocenters. The second-order valence-corrected chi connectivity index (χ2v) is 28.6. The third-order valence-corrected chi connectivity index (χ3v) is 26.2. The van der Waals surface area contributed by atoms with Gasteiger partial charge in [-0.3, -0.25) is 0 Å². The van der Waals surface area contributed by atoms with Crippen LogP contribution in [0.25, 0.3) is 0 Å². The third-order valence-electron chi connectivity index (χ3n) is 14.0. The largest absolute Gasteiger partial charge is 0.0622 e. The van der Waals surface area contributed by atoms with Crippen LogP contribution in [0, 0.1) is 0 Å². The van der Waals surface area contributed by atoms with Crippen LogP contribution in [0.15, 0.2) is 243 Å². The molecule has 0 heterocycles. The summed E-state index contributed by atoms with van der Waals surface area (Å²) in [5.41, 5.74) is 0. The predicted molar refractivity (Wildman–Crippen MR) is 275 cm³/mol. The average molecular weight is 873 g/mol. The SMILES string of the molecule is c1ccc(P(c2ccccc2)C23CC4(P(c5ccccc5)c5ccccc5)CC(P(c5ccccc5)c5ccccc5)(C2)CC(P(c2ccccc2)c2ccccc2)(C3)C4)cc1. The van der Waals surface area contributed by atoms with Crippen LogP contribution in [0.5, 0.6) is 0 Å². The quantitative estimate of drug-likeness (QED) is 0.107. The van der Waals surface area contributed by atoms with E-state index in [0.717, 1.165) is 0 Å². The third kappa shape index (κ3) is 7.18. The molecule has 0 radical (unpaired) electrons. The number of hydrogen-bond acceptors (Lipinski definition) is 0. The van der Waals surface area contributed by atoms with Gasteiger partial charge >= 0.3 is 0 Å². The Morgan fingerprint density at radius 2 is 0.290 bits per heavy atom. The van der Waals surface area contributed by atoms with Gasteiger partial charge in [0.2, 0.25) is 0 Å². The lowest BCUT2D eigenvalue weighted by Crippen LogP contribution is -2.72. The highest BCUT2D eigenvalue weighted by Gasteiger charge is 2.74. The normalized spacial score (nSPS) is 23.9. The lowest BCUT2D eigenvalue weighted by molar-refractivity contribution is 0.0893. The van der Waals surface area contributed by atoms with Crippen LogP contribution in [0.4, 0.5) is 0 Å². The molecule has 0 amide bonds. The molecule has 0 aromatic heterocycles. The fourth-order valence-electron chi connectivity index (χ4n) is 12.8. The topological polar surface area (TPSA) is 0 Å². The Morgan fingerprint density at radius 1 is 0.177 bits per heavy atom. The van der Waals surface area contributed by atoms with Gasteiger partial charge in [-0.15, -0.1) is 0 Å². The van der Waals surface area contributed by atoms with Gasteiger partial charge in [0.05, 0.1) is 0 Å². The van der Waals surface area contributed by atoms with Crippen molar-refractivity contribution < 1.29 is 0 Å². The predicted octanol–water partition coefficient (Wildman–Crippen LogP) is 11.9. The summed E-state index contributed by atoms with van der Waals surface area (Å²) in [4.78, 5) is 0. The summed E-state index contributed by atoms with van der Waals surface area (Å²) in [6, 6.07) is 94.8. The van der Waals surface area contributed by atoms with Gasteiger partial charge in [-0.2, -0.15) is 0 Å². The lowest BCUT2D eigenvalue weighted by Gasteiger charge is -2.75. The minimum absolute atomic E-state index is 0.0468. The first-order valence-electron chi connectivity index (χ1n) is 22.2. The van der Waals surface area contributed by atoms with Gasteiger partial charge in [-0.25, -0.2) is 0 Å². The van der Waals surface area contributed by atoms with Gasteiger partial charge in [0.25, 0.3) is 0 Å². The first-order valence-corrected chi connectivity index (χ1v) is 27.6. The van der Waals surface area contributed by atoms with E-state index in [1.807, 2.05) is 0 Å². The zero-order valence-corrected chi connectivity index (χ0v) is 38.7. The van der Waals surface area contributed by atoms with E-state index in [-0.39, 0.29) is 20.6 Å². The Hall–Kier alpha value is -4.52. The number of benzene rings is 8. The van der Waals surface area contributed by atoms with Gasteiger partial charge in [0.1, 0.15) is 0 Å². The minimum Gasteiger partial charge on any atom is -0.0622 e. The molecule has 0 N–H and O–H groups in total. The molecule has 4 aliphatic rings. The number of hydrogen-bond donors (Lipinski definition) is 0. The zero-order valence-electron chi connectivity index (χ0n) is 35.1. The molecule has 304 valence electrons. The maximum atomic E-state index is 2.49. The van der Waals surface area contributed by atoms with Crippen LogP contribution in [-0.2, 0) is 0 Å². The molecule has 0 nitrogen and oxygen atoms in total. The molecule has 0 atom stereocenters. The van der Waals surface area contributed by atoms with Crippen molar-refractivity contribution >= 4 is 74.1 Å². The van der Waals surface area contributed by atoms with Crippen LogP contribution in [0.3, 0.4) is 0 Å². The van der Waals surface area contributed by atoms with Crippen LogP contribution < -0.4 is 42.4 Å². The van der Waals surface area contributed by atoms with Crippen LogP contribution in [-0.4, -0.2) is 20.6 Å². The molecule has 4 bridgehead atoms. The lowest BCUT2D eigenvalue weighted by atomic mass is 9.54. The molecular weight excluding hydrogens is 821 g/mol. The Bertz CT molecular complexity index is 2120. The standard InChI is InChI=1S/C58H52P4/c1-9-25-47(26-10-1)59(48-27-11-2-12-28-48)55-41-56(60(49-29-13-3-14-30-49)50-31-15-4-16-32-50)44-57(42-55,61(51-33-17-5-18-34-51)52-35-19-6-20-36-52)46-58(43-55,45-56)62(53-37-21-7-22-38-53)54-39-23-8-24-40-54/h1-40H,41-46H2. The second kappa shape index (κ2) is 16.9. The Balaban J connectivity index is 1.28. The summed E-state index contributed by atoms with van der Waals surface area (Å²) in [6.07, 6.45) is 7.46. The first-order chi connectivity index (χ1) is 30.6. The molecule has 0 spiro atoms.